The van der Waals surface area contributed by atoms with Crippen LogP contribution in [0.4, 0.5) is 11.6 Å². The summed E-state index contributed by atoms with van der Waals surface area (Å²) in [5.41, 5.74) is 1.24. The van der Waals surface area contributed by atoms with Crippen LogP contribution in [0.25, 0.3) is 0 Å². The highest BCUT2D eigenvalue weighted by Crippen LogP contribution is 2.31. The summed E-state index contributed by atoms with van der Waals surface area (Å²) in [5, 5.41) is 12.0. The normalized spacial score (nSPS) is 17.0. The second-order valence-corrected chi connectivity index (χ2v) is 6.65. The van der Waals surface area contributed by atoms with Crippen molar-refractivity contribution in [2.24, 2.45) is 0 Å². The average Bonchev–Trinajstić information content (AvgIpc) is 2.73. The summed E-state index contributed by atoms with van der Waals surface area (Å²) in [7, 11) is 0. The molecule has 0 saturated carbocycles. The van der Waals surface area contributed by atoms with Gasteiger partial charge in [0.25, 0.3) is 0 Å². The van der Waals surface area contributed by atoms with E-state index in [-0.39, 0.29) is 6.61 Å². The first kappa shape index (κ1) is 17.8. The van der Waals surface area contributed by atoms with Gasteiger partial charge in [0, 0.05) is 45.3 Å². The summed E-state index contributed by atoms with van der Waals surface area (Å²) in [4.78, 5) is 13.3. The summed E-state index contributed by atoms with van der Waals surface area (Å²) >= 11 is 0. The minimum absolute atomic E-state index is 0.0812. The van der Waals surface area contributed by atoms with E-state index in [4.69, 9.17) is 14.6 Å². The molecule has 2 N–H and O–H groups in total. The summed E-state index contributed by atoms with van der Waals surface area (Å²) in [6.07, 6.45) is 1.57. The average molecular weight is 371 g/mol. The first-order chi connectivity index (χ1) is 13.3. The summed E-state index contributed by atoms with van der Waals surface area (Å²) in [5.74, 6) is 3.35. The number of aliphatic hydroxyl groups excluding tert-OH is 1. The Morgan fingerprint density at radius 2 is 1.81 bits per heavy atom. The maximum Gasteiger partial charge on any atom is 0.161 e. The molecule has 1 aromatic carbocycles. The van der Waals surface area contributed by atoms with Crippen molar-refractivity contribution in [1.82, 2.24) is 14.9 Å². The van der Waals surface area contributed by atoms with Gasteiger partial charge in [0.1, 0.15) is 31.2 Å². The molecule has 1 aromatic heterocycles. The molecule has 8 heteroatoms. The number of nitrogens with zero attached hydrogens (tertiary/aromatic N) is 4. The van der Waals surface area contributed by atoms with Crippen LogP contribution in [0.15, 0.2) is 30.6 Å². The van der Waals surface area contributed by atoms with Gasteiger partial charge in [0.15, 0.2) is 11.5 Å². The van der Waals surface area contributed by atoms with E-state index in [9.17, 15) is 0 Å². The molecule has 0 bridgehead atoms. The van der Waals surface area contributed by atoms with Gasteiger partial charge in [-0.2, -0.15) is 0 Å². The third-order valence-corrected chi connectivity index (χ3v) is 4.78. The van der Waals surface area contributed by atoms with Crippen molar-refractivity contribution < 1.29 is 14.6 Å². The summed E-state index contributed by atoms with van der Waals surface area (Å²) in [6.45, 7) is 6.48. The summed E-state index contributed by atoms with van der Waals surface area (Å²) in [6, 6.07) is 8.14. The lowest BCUT2D eigenvalue weighted by Gasteiger charge is -2.35. The predicted octanol–water partition coefficient (Wildman–Crippen LogP) is 0.974. The molecule has 27 heavy (non-hydrogen) atoms. The minimum atomic E-state index is 0.0812. The SMILES string of the molecule is OCCNc1cc(N2CCN(Cc3ccc4c(c3)OCCO4)CC2)ncn1. The van der Waals surface area contributed by atoms with E-state index in [0.717, 1.165) is 55.9 Å². The van der Waals surface area contributed by atoms with Crippen LogP contribution in [0.5, 0.6) is 11.5 Å². The number of anilines is 2. The van der Waals surface area contributed by atoms with Crippen LogP contribution in [0.2, 0.25) is 0 Å². The molecule has 4 rings (SSSR count). The van der Waals surface area contributed by atoms with E-state index in [1.54, 1.807) is 6.33 Å². The van der Waals surface area contributed by atoms with Gasteiger partial charge in [-0.1, -0.05) is 6.07 Å². The zero-order valence-electron chi connectivity index (χ0n) is 15.3. The first-order valence-corrected chi connectivity index (χ1v) is 9.34. The maximum absolute atomic E-state index is 8.92. The lowest BCUT2D eigenvalue weighted by molar-refractivity contribution is 0.171. The van der Waals surface area contributed by atoms with E-state index in [1.807, 2.05) is 12.1 Å². The fourth-order valence-electron chi connectivity index (χ4n) is 3.38. The van der Waals surface area contributed by atoms with Crippen LogP contribution in [-0.2, 0) is 6.54 Å². The van der Waals surface area contributed by atoms with Crippen LogP contribution in [0, 0.1) is 0 Å². The molecule has 144 valence electrons. The smallest absolute Gasteiger partial charge is 0.161 e. The molecule has 0 aliphatic carbocycles. The van der Waals surface area contributed by atoms with Crippen molar-refractivity contribution in [2.45, 2.75) is 6.54 Å². The Labute approximate surface area is 158 Å². The molecular formula is C19H25N5O3. The molecule has 0 atom stereocenters. The van der Waals surface area contributed by atoms with Crippen molar-refractivity contribution in [3.8, 4) is 11.5 Å². The number of fused-ring (bicyclic) bond motifs is 1. The van der Waals surface area contributed by atoms with E-state index in [2.05, 4.69) is 37.2 Å². The lowest BCUT2D eigenvalue weighted by Crippen LogP contribution is -2.46. The molecule has 0 radical (unpaired) electrons. The van der Waals surface area contributed by atoms with E-state index in [1.165, 1.54) is 5.56 Å². The van der Waals surface area contributed by atoms with Crippen molar-refractivity contribution in [1.29, 1.82) is 0 Å². The van der Waals surface area contributed by atoms with Gasteiger partial charge in [-0.05, 0) is 17.7 Å². The molecule has 2 aliphatic heterocycles. The van der Waals surface area contributed by atoms with Gasteiger partial charge in [-0.25, -0.2) is 9.97 Å². The largest absolute Gasteiger partial charge is 0.486 e. The topological polar surface area (TPSA) is 83.0 Å². The monoisotopic (exact) mass is 371 g/mol. The van der Waals surface area contributed by atoms with Gasteiger partial charge < -0.3 is 24.8 Å². The Morgan fingerprint density at radius 1 is 1.00 bits per heavy atom. The number of ether oxygens (including phenoxy) is 2. The van der Waals surface area contributed by atoms with Crippen LogP contribution in [-0.4, -0.2) is 72.5 Å². The number of nitrogens with one attached hydrogen (secondary N) is 1. The van der Waals surface area contributed by atoms with Crippen molar-refractivity contribution in [3.63, 3.8) is 0 Å². The highest BCUT2D eigenvalue weighted by atomic mass is 16.6. The van der Waals surface area contributed by atoms with E-state index < -0.39 is 0 Å². The number of hydrogen-bond donors (Lipinski definition) is 2. The number of benzene rings is 1. The molecular weight excluding hydrogens is 346 g/mol. The van der Waals surface area contributed by atoms with Crippen LogP contribution >= 0.6 is 0 Å². The fraction of sp³-hybridized carbons (Fsp3) is 0.474. The maximum atomic E-state index is 8.92. The van der Waals surface area contributed by atoms with Crippen LogP contribution in [0.3, 0.4) is 0 Å². The Kier molecular flexibility index (Phi) is 5.55. The molecule has 2 aromatic rings. The number of rotatable bonds is 6. The molecule has 3 heterocycles. The molecule has 0 spiro atoms. The van der Waals surface area contributed by atoms with Gasteiger partial charge in [-0.15, -0.1) is 0 Å². The Morgan fingerprint density at radius 3 is 2.63 bits per heavy atom. The van der Waals surface area contributed by atoms with Crippen molar-refractivity contribution in [3.05, 3.63) is 36.2 Å². The van der Waals surface area contributed by atoms with Crippen molar-refractivity contribution in [2.75, 3.05) is 62.8 Å². The number of aromatic nitrogens is 2. The highest BCUT2D eigenvalue weighted by Gasteiger charge is 2.19. The third kappa shape index (κ3) is 4.40. The van der Waals surface area contributed by atoms with E-state index in [0.29, 0.717) is 19.8 Å². The molecule has 1 fully saturated rings. The third-order valence-electron chi connectivity index (χ3n) is 4.78. The zero-order chi connectivity index (χ0) is 18.5. The second-order valence-electron chi connectivity index (χ2n) is 6.65. The standard InChI is InChI=1S/C19H25N5O3/c25-8-3-20-18-12-19(22-14-21-18)24-6-4-23(5-7-24)13-15-1-2-16-17(11-15)27-10-9-26-16/h1-2,11-12,14,25H,3-10,13H2,(H,20,21,22). The Hall–Kier alpha value is -2.58. The second kappa shape index (κ2) is 8.41. The quantitative estimate of drug-likeness (QED) is 0.777. The van der Waals surface area contributed by atoms with E-state index >= 15 is 0 Å². The number of piperazine rings is 1. The minimum Gasteiger partial charge on any atom is -0.486 e. The molecule has 1 saturated heterocycles. The molecule has 0 amide bonds. The van der Waals surface area contributed by atoms with Gasteiger partial charge in [0.05, 0.1) is 6.61 Å². The summed E-state index contributed by atoms with van der Waals surface area (Å²) < 4.78 is 11.3. The van der Waals surface area contributed by atoms with Gasteiger partial charge in [-0.3, -0.25) is 4.90 Å². The molecule has 8 nitrogen and oxygen atoms in total. The Balaban J connectivity index is 1.32. The van der Waals surface area contributed by atoms with Gasteiger partial charge >= 0.3 is 0 Å². The Bertz CT molecular complexity index is 765. The highest BCUT2D eigenvalue weighted by molar-refractivity contribution is 5.49. The molecule has 2 aliphatic rings. The first-order valence-electron chi connectivity index (χ1n) is 9.34. The van der Waals surface area contributed by atoms with Crippen molar-refractivity contribution >= 4 is 11.6 Å². The molecule has 0 unspecified atom stereocenters. The van der Waals surface area contributed by atoms with Crippen LogP contribution in [0.1, 0.15) is 5.56 Å². The van der Waals surface area contributed by atoms with Crippen LogP contribution < -0.4 is 19.7 Å². The zero-order valence-corrected chi connectivity index (χ0v) is 15.3. The fourth-order valence-corrected chi connectivity index (χ4v) is 3.38. The number of aliphatic hydroxyl groups is 1. The van der Waals surface area contributed by atoms with Gasteiger partial charge in [0.2, 0.25) is 0 Å². The number of hydrogen-bond acceptors (Lipinski definition) is 8. The predicted molar refractivity (Wildman–Crippen MR) is 103 cm³/mol. The lowest BCUT2D eigenvalue weighted by atomic mass is 10.1.